The molecule has 3 nitrogen and oxygen atoms in total. The molecule has 190 valence electrons. The lowest BCUT2D eigenvalue weighted by Gasteiger charge is -2.39. The smallest absolute Gasteiger partial charge is 0.192 e. The van der Waals surface area contributed by atoms with Crippen molar-refractivity contribution in [2.75, 3.05) is 5.33 Å². The molecule has 0 amide bonds. The Morgan fingerprint density at radius 1 is 0.794 bits per heavy atom. The molecule has 1 atom stereocenters. The van der Waals surface area contributed by atoms with Crippen molar-refractivity contribution in [2.24, 2.45) is 0 Å². The normalized spacial score (nSPS) is 14.2. The van der Waals surface area contributed by atoms with Crippen LogP contribution in [0, 0.1) is 0 Å². The first-order chi connectivity index (χ1) is 15.6. The van der Waals surface area contributed by atoms with Crippen LogP contribution in [0.15, 0.2) is 48.5 Å². The van der Waals surface area contributed by atoms with Gasteiger partial charge < -0.3 is 13.6 Å². The second-order valence-corrected chi connectivity index (χ2v) is 22.4. The van der Waals surface area contributed by atoms with Crippen molar-refractivity contribution in [3.8, 4) is 5.75 Å². The summed E-state index contributed by atoms with van der Waals surface area (Å²) in [5.74, 6) is 0.881. The van der Waals surface area contributed by atoms with Crippen LogP contribution in [-0.4, -0.2) is 22.0 Å². The van der Waals surface area contributed by atoms with Crippen LogP contribution in [0.5, 0.6) is 5.75 Å². The van der Waals surface area contributed by atoms with Crippen molar-refractivity contribution in [1.82, 2.24) is 0 Å². The molecule has 2 aromatic rings. The monoisotopic (exact) mass is 564 g/mol. The van der Waals surface area contributed by atoms with E-state index in [1.807, 2.05) is 18.2 Å². The highest BCUT2D eigenvalue weighted by molar-refractivity contribution is 9.09. The largest absolute Gasteiger partial charge is 0.489 e. The van der Waals surface area contributed by atoms with Gasteiger partial charge in [-0.2, -0.15) is 0 Å². The second kappa shape index (κ2) is 11.4. The lowest BCUT2D eigenvalue weighted by molar-refractivity contribution is 0.207. The Bertz CT molecular complexity index is 915. The first-order valence-electron chi connectivity index (χ1n) is 12.2. The summed E-state index contributed by atoms with van der Waals surface area (Å²) in [7, 11) is -3.82. The van der Waals surface area contributed by atoms with Crippen LogP contribution >= 0.6 is 15.9 Å². The van der Waals surface area contributed by atoms with Crippen molar-refractivity contribution >= 4 is 32.6 Å². The summed E-state index contributed by atoms with van der Waals surface area (Å²) in [5, 5.41) is 1.06. The summed E-state index contributed by atoms with van der Waals surface area (Å²) in [4.78, 5) is 0. The Morgan fingerprint density at radius 2 is 1.38 bits per heavy atom. The number of benzene rings is 2. The fraction of sp³-hybridized carbons (Fsp3) is 0.571. The van der Waals surface area contributed by atoms with E-state index in [0.29, 0.717) is 13.2 Å². The van der Waals surface area contributed by atoms with E-state index in [0.717, 1.165) is 22.2 Å². The standard InChI is InChI=1S/C28H45BrO3Si2/c1-27(2,3)33(7,8)31-21-24-18-23(26(19-29)32-34(9,10)28(4,5)6)16-17-25(24)30-20-22-14-12-11-13-15-22/h11-18,26H,19-21H2,1-10H3/t26-/m0/s1. The number of halogens is 1. The minimum absolute atomic E-state index is 0.00399. The van der Waals surface area contributed by atoms with Crippen molar-refractivity contribution in [3.05, 3.63) is 65.2 Å². The number of alkyl halides is 1. The number of hydrogen-bond acceptors (Lipinski definition) is 3. The zero-order chi connectivity index (χ0) is 25.8. The molecule has 0 aliphatic heterocycles. The van der Waals surface area contributed by atoms with Crippen molar-refractivity contribution < 1.29 is 13.6 Å². The minimum atomic E-state index is -1.92. The molecular weight excluding hydrogens is 520 g/mol. The van der Waals surface area contributed by atoms with Gasteiger partial charge in [0.05, 0.1) is 12.7 Å². The number of hydrogen-bond donors (Lipinski definition) is 0. The van der Waals surface area contributed by atoms with Gasteiger partial charge in [-0.15, -0.1) is 0 Å². The van der Waals surface area contributed by atoms with Crippen molar-refractivity contribution in [1.29, 1.82) is 0 Å². The first-order valence-corrected chi connectivity index (χ1v) is 19.2. The third-order valence-electron chi connectivity index (χ3n) is 7.47. The summed E-state index contributed by atoms with van der Waals surface area (Å²) in [6.45, 7) is 24.0. The van der Waals surface area contributed by atoms with Gasteiger partial charge in [-0.3, -0.25) is 0 Å². The zero-order valence-electron chi connectivity index (χ0n) is 22.9. The molecule has 0 saturated carbocycles. The summed E-state index contributed by atoms with van der Waals surface area (Å²) < 4.78 is 19.7. The van der Waals surface area contributed by atoms with Gasteiger partial charge in [0.15, 0.2) is 16.6 Å². The predicted octanol–water partition coefficient (Wildman–Crippen LogP) is 9.25. The maximum absolute atomic E-state index is 6.78. The number of ether oxygens (including phenoxy) is 1. The molecular formula is C28H45BrO3Si2. The SMILES string of the molecule is CC(C)(C)[Si](C)(C)OCc1cc([C@H](CBr)O[Si](C)(C)C(C)(C)C)ccc1OCc1ccccc1. The van der Waals surface area contributed by atoms with Crippen LogP contribution in [-0.2, 0) is 22.1 Å². The van der Waals surface area contributed by atoms with Crippen molar-refractivity contribution in [2.45, 2.75) is 97.1 Å². The molecule has 0 bridgehead atoms. The highest BCUT2D eigenvalue weighted by Gasteiger charge is 2.40. The van der Waals surface area contributed by atoms with Gasteiger partial charge in [0.25, 0.3) is 0 Å². The third kappa shape index (κ3) is 7.79. The molecule has 34 heavy (non-hydrogen) atoms. The lowest BCUT2D eigenvalue weighted by atomic mass is 10.1. The van der Waals surface area contributed by atoms with Gasteiger partial charge >= 0.3 is 0 Å². The molecule has 6 heteroatoms. The van der Waals surface area contributed by atoms with E-state index in [2.05, 4.69) is 114 Å². The quantitative estimate of drug-likeness (QED) is 0.212. The lowest BCUT2D eigenvalue weighted by Crippen LogP contribution is -2.42. The first kappa shape index (κ1) is 29.3. The van der Waals surface area contributed by atoms with Crippen LogP contribution in [0.25, 0.3) is 0 Å². The van der Waals surface area contributed by atoms with Gasteiger partial charge in [-0.1, -0.05) is 93.9 Å². The average molecular weight is 566 g/mol. The van der Waals surface area contributed by atoms with E-state index in [-0.39, 0.29) is 16.2 Å². The molecule has 0 spiro atoms. The Balaban J connectivity index is 2.35. The van der Waals surface area contributed by atoms with E-state index in [4.69, 9.17) is 13.6 Å². The van der Waals surface area contributed by atoms with Crippen LogP contribution in [0.1, 0.15) is 64.3 Å². The summed E-state index contributed by atoms with van der Waals surface area (Å²) >= 11 is 3.71. The van der Waals surface area contributed by atoms with Gasteiger partial charge in [-0.05, 0) is 59.5 Å². The van der Waals surface area contributed by atoms with Crippen molar-refractivity contribution in [3.63, 3.8) is 0 Å². The maximum Gasteiger partial charge on any atom is 0.192 e. The Hall–Kier alpha value is -0.926. The molecule has 0 aliphatic rings. The van der Waals surface area contributed by atoms with E-state index >= 15 is 0 Å². The van der Waals surface area contributed by atoms with Gasteiger partial charge in [0, 0.05) is 10.9 Å². The van der Waals surface area contributed by atoms with E-state index in [9.17, 15) is 0 Å². The Labute approximate surface area is 219 Å². The summed E-state index contributed by atoms with van der Waals surface area (Å²) in [6.07, 6.45) is -0.00399. The zero-order valence-corrected chi connectivity index (χ0v) is 26.5. The highest BCUT2D eigenvalue weighted by atomic mass is 79.9. The molecule has 0 N–H and O–H groups in total. The molecule has 0 saturated heterocycles. The van der Waals surface area contributed by atoms with Gasteiger partial charge in [0.2, 0.25) is 0 Å². The predicted molar refractivity (Wildman–Crippen MR) is 154 cm³/mol. The summed E-state index contributed by atoms with van der Waals surface area (Å²) in [5.41, 5.74) is 3.41. The van der Waals surface area contributed by atoms with E-state index in [1.54, 1.807) is 0 Å². The fourth-order valence-electron chi connectivity index (χ4n) is 2.98. The second-order valence-electron chi connectivity index (χ2n) is 12.2. The number of rotatable bonds is 10. The van der Waals surface area contributed by atoms with Crippen LogP contribution in [0.4, 0.5) is 0 Å². The van der Waals surface area contributed by atoms with Gasteiger partial charge in [-0.25, -0.2) is 0 Å². The molecule has 0 fully saturated rings. The topological polar surface area (TPSA) is 27.7 Å². The maximum atomic E-state index is 6.78. The minimum Gasteiger partial charge on any atom is -0.489 e. The molecule has 0 aliphatic carbocycles. The molecule has 2 rings (SSSR count). The van der Waals surface area contributed by atoms with Crippen LogP contribution in [0.3, 0.4) is 0 Å². The third-order valence-corrected chi connectivity index (χ3v) is 17.0. The van der Waals surface area contributed by atoms with Crippen LogP contribution in [0.2, 0.25) is 36.3 Å². The molecule has 2 aromatic carbocycles. The van der Waals surface area contributed by atoms with E-state index in [1.165, 1.54) is 5.56 Å². The average Bonchev–Trinajstić information content (AvgIpc) is 2.74. The summed E-state index contributed by atoms with van der Waals surface area (Å²) in [6, 6.07) is 16.8. The van der Waals surface area contributed by atoms with Crippen LogP contribution < -0.4 is 4.74 Å². The molecule has 0 radical (unpaired) electrons. The fourth-order valence-corrected chi connectivity index (χ4v) is 5.97. The van der Waals surface area contributed by atoms with Gasteiger partial charge in [0.1, 0.15) is 12.4 Å². The highest BCUT2D eigenvalue weighted by Crippen LogP contribution is 2.41. The molecule has 0 unspecified atom stereocenters. The molecule has 0 heterocycles. The van der Waals surface area contributed by atoms with E-state index < -0.39 is 16.6 Å². The Morgan fingerprint density at radius 3 is 1.91 bits per heavy atom. The molecule has 0 aromatic heterocycles. The Kier molecular flexibility index (Phi) is 9.84.